The molecule has 0 aliphatic heterocycles. The molecule has 0 unspecified atom stereocenters. The molecule has 6 nitrogen and oxygen atoms in total. The molecule has 2 N–H and O–H groups in total. The first-order valence-electron chi connectivity index (χ1n) is 8.10. The van der Waals surface area contributed by atoms with Crippen molar-refractivity contribution in [2.45, 2.75) is 45.4 Å². The van der Waals surface area contributed by atoms with Gasteiger partial charge in [-0.3, -0.25) is 0 Å². The molecule has 6 heteroatoms. The second-order valence-corrected chi connectivity index (χ2v) is 5.93. The molecule has 1 saturated carbocycles. The third-order valence-electron chi connectivity index (χ3n) is 3.92. The summed E-state index contributed by atoms with van der Waals surface area (Å²) in [4.78, 5) is 15.1. The minimum absolute atomic E-state index is 0.636. The van der Waals surface area contributed by atoms with Gasteiger partial charge in [0, 0.05) is 27.2 Å². The van der Waals surface area contributed by atoms with Gasteiger partial charge in [-0.2, -0.15) is 15.0 Å². The molecular weight excluding hydrogens is 264 g/mol. The fourth-order valence-corrected chi connectivity index (χ4v) is 2.74. The van der Waals surface area contributed by atoms with E-state index in [9.17, 15) is 0 Å². The summed E-state index contributed by atoms with van der Waals surface area (Å²) in [6.07, 6.45) is 8.17. The number of hydrogen-bond donors (Lipinski definition) is 2. The lowest BCUT2D eigenvalue weighted by molar-refractivity contribution is 0.345. The molecule has 0 bridgehead atoms. The average molecular weight is 292 g/mol. The van der Waals surface area contributed by atoms with E-state index in [1.807, 2.05) is 25.9 Å². The Labute approximate surface area is 127 Å². The Hall–Kier alpha value is -1.59. The molecule has 0 amide bonds. The predicted octanol–water partition coefficient (Wildman–Crippen LogP) is 2.75. The van der Waals surface area contributed by atoms with Gasteiger partial charge in [-0.15, -0.1) is 0 Å². The molecule has 1 aromatic heterocycles. The molecule has 118 valence electrons. The van der Waals surface area contributed by atoms with Crippen molar-refractivity contribution in [3.8, 4) is 0 Å². The van der Waals surface area contributed by atoms with Crippen molar-refractivity contribution in [3.63, 3.8) is 0 Å². The van der Waals surface area contributed by atoms with Gasteiger partial charge < -0.3 is 15.5 Å². The van der Waals surface area contributed by atoms with E-state index in [0.29, 0.717) is 17.8 Å². The van der Waals surface area contributed by atoms with Crippen LogP contribution in [0.25, 0.3) is 0 Å². The smallest absolute Gasteiger partial charge is 0.231 e. The third-order valence-corrected chi connectivity index (χ3v) is 3.92. The highest BCUT2D eigenvalue weighted by molar-refractivity contribution is 5.42. The Morgan fingerprint density at radius 2 is 1.67 bits per heavy atom. The SMILES string of the molecule is CCNc1nc(NCCC2CCCCC2)nc(N(C)C)n1. The van der Waals surface area contributed by atoms with E-state index in [0.717, 1.165) is 19.0 Å². The molecule has 0 radical (unpaired) electrons. The molecule has 1 heterocycles. The first-order valence-corrected chi connectivity index (χ1v) is 8.10. The summed E-state index contributed by atoms with van der Waals surface area (Å²) in [5.41, 5.74) is 0. The molecule has 21 heavy (non-hydrogen) atoms. The van der Waals surface area contributed by atoms with Crippen molar-refractivity contribution in [2.24, 2.45) is 5.92 Å². The lowest BCUT2D eigenvalue weighted by atomic mass is 9.87. The maximum absolute atomic E-state index is 4.45. The Morgan fingerprint density at radius 1 is 1.00 bits per heavy atom. The molecule has 0 saturated heterocycles. The Kier molecular flexibility index (Phi) is 6.02. The topological polar surface area (TPSA) is 66.0 Å². The standard InChI is InChI=1S/C15H28N6/c1-4-16-13-18-14(20-15(19-13)21(2)3)17-11-10-12-8-6-5-7-9-12/h12H,4-11H2,1-3H3,(H2,16,17,18,19,20). The zero-order chi connectivity index (χ0) is 15.1. The van der Waals surface area contributed by atoms with Crippen molar-refractivity contribution in [2.75, 3.05) is 42.7 Å². The van der Waals surface area contributed by atoms with Crippen LogP contribution in [-0.2, 0) is 0 Å². The number of rotatable bonds is 7. The van der Waals surface area contributed by atoms with E-state index in [4.69, 9.17) is 0 Å². The molecule has 1 fully saturated rings. The van der Waals surface area contributed by atoms with Crippen LogP contribution in [0, 0.1) is 5.92 Å². The summed E-state index contributed by atoms with van der Waals surface area (Å²) in [6, 6.07) is 0. The molecule has 1 aliphatic carbocycles. The fraction of sp³-hybridized carbons (Fsp3) is 0.800. The van der Waals surface area contributed by atoms with Crippen molar-refractivity contribution in [1.29, 1.82) is 0 Å². The first kappa shape index (κ1) is 15.8. The van der Waals surface area contributed by atoms with Gasteiger partial charge in [-0.05, 0) is 19.3 Å². The van der Waals surface area contributed by atoms with Gasteiger partial charge in [-0.1, -0.05) is 32.1 Å². The monoisotopic (exact) mass is 292 g/mol. The lowest BCUT2D eigenvalue weighted by Gasteiger charge is -2.21. The summed E-state index contributed by atoms with van der Waals surface area (Å²) in [6.45, 7) is 3.78. The second kappa shape index (κ2) is 8.00. The molecular formula is C15H28N6. The highest BCUT2D eigenvalue weighted by Crippen LogP contribution is 2.26. The summed E-state index contributed by atoms with van der Waals surface area (Å²) in [5, 5.41) is 6.51. The van der Waals surface area contributed by atoms with Crippen LogP contribution >= 0.6 is 0 Å². The van der Waals surface area contributed by atoms with Crippen molar-refractivity contribution < 1.29 is 0 Å². The maximum atomic E-state index is 4.45. The predicted molar refractivity (Wildman–Crippen MR) is 88.0 cm³/mol. The number of aromatic nitrogens is 3. The van der Waals surface area contributed by atoms with Gasteiger partial charge >= 0.3 is 0 Å². The largest absolute Gasteiger partial charge is 0.354 e. The van der Waals surface area contributed by atoms with Gasteiger partial charge in [0.15, 0.2) is 0 Å². The first-order chi connectivity index (χ1) is 10.2. The highest BCUT2D eigenvalue weighted by Gasteiger charge is 2.13. The quantitative estimate of drug-likeness (QED) is 0.805. The van der Waals surface area contributed by atoms with Crippen LogP contribution < -0.4 is 15.5 Å². The minimum atomic E-state index is 0.636. The van der Waals surface area contributed by atoms with Crippen LogP contribution in [0.3, 0.4) is 0 Å². The molecule has 1 aromatic rings. The normalized spacial score (nSPS) is 15.8. The maximum Gasteiger partial charge on any atom is 0.231 e. The molecule has 0 spiro atoms. The molecule has 0 aromatic carbocycles. The zero-order valence-electron chi connectivity index (χ0n) is 13.5. The second-order valence-electron chi connectivity index (χ2n) is 5.93. The summed E-state index contributed by atoms with van der Waals surface area (Å²) in [7, 11) is 3.88. The Bertz CT molecular complexity index is 428. The lowest BCUT2D eigenvalue weighted by Crippen LogP contribution is -2.18. The van der Waals surface area contributed by atoms with Gasteiger partial charge in [0.2, 0.25) is 17.8 Å². The summed E-state index contributed by atoms with van der Waals surface area (Å²) < 4.78 is 0. The number of hydrogen-bond acceptors (Lipinski definition) is 6. The van der Waals surface area contributed by atoms with Gasteiger partial charge in [0.05, 0.1) is 0 Å². The van der Waals surface area contributed by atoms with Crippen LogP contribution in [-0.4, -0.2) is 42.1 Å². The molecule has 2 rings (SSSR count). The van der Waals surface area contributed by atoms with Crippen molar-refractivity contribution in [3.05, 3.63) is 0 Å². The fourth-order valence-electron chi connectivity index (χ4n) is 2.74. The van der Waals surface area contributed by atoms with E-state index >= 15 is 0 Å². The molecule has 1 aliphatic rings. The number of nitrogens with zero attached hydrogens (tertiary/aromatic N) is 4. The molecule has 0 atom stereocenters. The van der Waals surface area contributed by atoms with Crippen molar-refractivity contribution in [1.82, 2.24) is 15.0 Å². The van der Waals surface area contributed by atoms with Gasteiger partial charge in [-0.25, -0.2) is 0 Å². The van der Waals surface area contributed by atoms with Crippen molar-refractivity contribution >= 4 is 17.8 Å². The van der Waals surface area contributed by atoms with Crippen LogP contribution in [0.4, 0.5) is 17.8 Å². The average Bonchev–Trinajstić information content (AvgIpc) is 2.48. The van der Waals surface area contributed by atoms with E-state index in [1.165, 1.54) is 38.5 Å². The zero-order valence-corrected chi connectivity index (χ0v) is 13.5. The van der Waals surface area contributed by atoms with E-state index in [1.54, 1.807) is 0 Å². The van der Waals surface area contributed by atoms with Crippen LogP contribution in [0.5, 0.6) is 0 Å². The van der Waals surface area contributed by atoms with Gasteiger partial charge in [0.1, 0.15) is 0 Å². The Balaban J connectivity index is 1.91. The Morgan fingerprint density at radius 3 is 2.29 bits per heavy atom. The van der Waals surface area contributed by atoms with E-state index in [2.05, 4.69) is 25.6 Å². The summed E-state index contributed by atoms with van der Waals surface area (Å²) in [5.74, 6) is 2.85. The third kappa shape index (κ3) is 5.02. The number of nitrogens with one attached hydrogen (secondary N) is 2. The van der Waals surface area contributed by atoms with E-state index in [-0.39, 0.29) is 0 Å². The highest BCUT2D eigenvalue weighted by atomic mass is 15.3. The van der Waals surface area contributed by atoms with Crippen LogP contribution in [0.1, 0.15) is 45.4 Å². The van der Waals surface area contributed by atoms with Gasteiger partial charge in [0.25, 0.3) is 0 Å². The minimum Gasteiger partial charge on any atom is -0.354 e. The number of anilines is 3. The van der Waals surface area contributed by atoms with E-state index < -0.39 is 0 Å². The van der Waals surface area contributed by atoms with Crippen LogP contribution in [0.2, 0.25) is 0 Å². The summed E-state index contributed by atoms with van der Waals surface area (Å²) >= 11 is 0. The van der Waals surface area contributed by atoms with Crippen LogP contribution in [0.15, 0.2) is 0 Å².